The molecule has 0 radical (unpaired) electrons. The Balaban J connectivity index is 1.49. The summed E-state index contributed by atoms with van der Waals surface area (Å²) in [5.74, 6) is 1.25. The van der Waals surface area contributed by atoms with Gasteiger partial charge in [0.05, 0.1) is 5.75 Å². The Hall–Kier alpha value is -3.17. The molecule has 1 aromatic heterocycles. The van der Waals surface area contributed by atoms with Crippen LogP contribution in [-0.2, 0) is 4.79 Å². The lowest BCUT2D eigenvalue weighted by Crippen LogP contribution is -2.47. The van der Waals surface area contributed by atoms with E-state index in [1.54, 1.807) is 0 Å². The fraction of sp³-hybridized carbons (Fsp3) is 0.273. The maximum atomic E-state index is 12.6. The maximum absolute atomic E-state index is 12.6. The lowest BCUT2D eigenvalue weighted by Gasteiger charge is -2.32. The molecule has 0 atom stereocenters. The number of nitrogens with zero attached hydrogens (tertiary/aromatic N) is 5. The lowest BCUT2D eigenvalue weighted by atomic mass is 10.3. The SMILES string of the molecule is CN1CCN(C(=O)CSc2nc(Nc3ccccc3)nc(Nc3ccccc3)n2)CC1. The third kappa shape index (κ3) is 6.16. The lowest BCUT2D eigenvalue weighted by molar-refractivity contribution is -0.129. The molecule has 9 heteroatoms. The van der Waals surface area contributed by atoms with Gasteiger partial charge in [0.1, 0.15) is 0 Å². The minimum absolute atomic E-state index is 0.105. The summed E-state index contributed by atoms with van der Waals surface area (Å²) in [5.41, 5.74) is 1.76. The first-order chi connectivity index (χ1) is 15.2. The number of hydrogen-bond donors (Lipinski definition) is 2. The van der Waals surface area contributed by atoms with Crippen LogP contribution in [0.2, 0.25) is 0 Å². The predicted octanol–water partition coefficient (Wildman–Crippen LogP) is 3.22. The third-order valence-electron chi connectivity index (χ3n) is 4.86. The van der Waals surface area contributed by atoms with E-state index in [-0.39, 0.29) is 5.91 Å². The zero-order chi connectivity index (χ0) is 21.5. The van der Waals surface area contributed by atoms with Crippen molar-refractivity contribution in [1.29, 1.82) is 0 Å². The Morgan fingerprint density at radius 1 is 0.839 bits per heavy atom. The second kappa shape index (κ2) is 10.2. The number of rotatable bonds is 7. The van der Waals surface area contributed by atoms with E-state index in [2.05, 4.69) is 37.5 Å². The Morgan fingerprint density at radius 2 is 1.35 bits per heavy atom. The average Bonchev–Trinajstić information content (AvgIpc) is 2.79. The summed E-state index contributed by atoms with van der Waals surface area (Å²) in [4.78, 5) is 30.3. The van der Waals surface area contributed by atoms with Crippen LogP contribution in [0.3, 0.4) is 0 Å². The van der Waals surface area contributed by atoms with E-state index in [0.717, 1.165) is 37.6 Å². The van der Waals surface area contributed by atoms with Gasteiger partial charge in [0.15, 0.2) is 5.16 Å². The first kappa shape index (κ1) is 21.1. The number of hydrogen-bond acceptors (Lipinski definition) is 8. The first-order valence-corrected chi connectivity index (χ1v) is 11.1. The van der Waals surface area contributed by atoms with Gasteiger partial charge in [-0.2, -0.15) is 15.0 Å². The van der Waals surface area contributed by atoms with Crippen molar-refractivity contribution in [2.75, 3.05) is 49.6 Å². The van der Waals surface area contributed by atoms with E-state index in [0.29, 0.717) is 22.8 Å². The van der Waals surface area contributed by atoms with Crippen molar-refractivity contribution < 1.29 is 4.79 Å². The van der Waals surface area contributed by atoms with Crippen LogP contribution < -0.4 is 10.6 Å². The number of carbonyl (C=O) groups is 1. The predicted molar refractivity (Wildman–Crippen MR) is 124 cm³/mol. The Bertz CT molecular complexity index is 936. The van der Waals surface area contributed by atoms with Crippen LogP contribution in [0.4, 0.5) is 23.3 Å². The van der Waals surface area contributed by atoms with E-state index in [9.17, 15) is 4.79 Å². The van der Waals surface area contributed by atoms with Gasteiger partial charge in [0.2, 0.25) is 17.8 Å². The number of para-hydroxylation sites is 2. The van der Waals surface area contributed by atoms with E-state index < -0.39 is 0 Å². The van der Waals surface area contributed by atoms with Gasteiger partial charge >= 0.3 is 0 Å². The second-order valence-corrected chi connectivity index (χ2v) is 8.16. The minimum atomic E-state index is 0.105. The van der Waals surface area contributed by atoms with E-state index >= 15 is 0 Å². The highest BCUT2D eigenvalue weighted by Crippen LogP contribution is 2.22. The van der Waals surface area contributed by atoms with Crippen LogP contribution in [0.1, 0.15) is 0 Å². The molecule has 0 saturated carbocycles. The number of likely N-dealkylation sites (N-methyl/N-ethyl adjacent to an activating group) is 1. The Labute approximate surface area is 186 Å². The number of nitrogens with one attached hydrogen (secondary N) is 2. The van der Waals surface area contributed by atoms with Gasteiger partial charge in [-0.15, -0.1) is 0 Å². The summed E-state index contributed by atoms with van der Waals surface area (Å²) >= 11 is 1.33. The number of thioether (sulfide) groups is 1. The number of piperazine rings is 1. The molecule has 1 fully saturated rings. The number of amides is 1. The zero-order valence-electron chi connectivity index (χ0n) is 17.4. The summed E-state index contributed by atoms with van der Waals surface area (Å²) in [6.45, 7) is 3.32. The fourth-order valence-corrected chi connectivity index (χ4v) is 3.84. The average molecular weight is 436 g/mol. The number of carbonyl (C=O) groups excluding carboxylic acids is 1. The van der Waals surface area contributed by atoms with Gasteiger partial charge in [-0.1, -0.05) is 48.2 Å². The summed E-state index contributed by atoms with van der Waals surface area (Å²) in [6.07, 6.45) is 0. The first-order valence-electron chi connectivity index (χ1n) is 10.1. The maximum Gasteiger partial charge on any atom is 0.233 e. The molecule has 1 saturated heterocycles. The van der Waals surface area contributed by atoms with Gasteiger partial charge in [-0.05, 0) is 31.3 Å². The van der Waals surface area contributed by atoms with Gasteiger partial charge in [-0.3, -0.25) is 4.79 Å². The monoisotopic (exact) mass is 435 g/mol. The molecule has 4 rings (SSSR count). The van der Waals surface area contributed by atoms with Crippen LogP contribution in [0, 0.1) is 0 Å². The molecule has 31 heavy (non-hydrogen) atoms. The van der Waals surface area contributed by atoms with E-state index in [1.807, 2.05) is 65.6 Å². The van der Waals surface area contributed by atoms with Gasteiger partial charge in [0.25, 0.3) is 0 Å². The molecule has 2 aromatic carbocycles. The molecule has 0 spiro atoms. The minimum Gasteiger partial charge on any atom is -0.339 e. The van der Waals surface area contributed by atoms with Crippen molar-refractivity contribution in [2.24, 2.45) is 0 Å². The van der Waals surface area contributed by atoms with Gasteiger partial charge < -0.3 is 20.4 Å². The van der Waals surface area contributed by atoms with Crippen molar-refractivity contribution >= 4 is 40.9 Å². The molecule has 1 aliphatic rings. The number of anilines is 4. The fourth-order valence-electron chi connectivity index (χ4n) is 3.11. The van der Waals surface area contributed by atoms with Gasteiger partial charge in [0, 0.05) is 37.6 Å². The molecule has 8 nitrogen and oxygen atoms in total. The van der Waals surface area contributed by atoms with Crippen LogP contribution >= 0.6 is 11.8 Å². The highest BCUT2D eigenvalue weighted by Gasteiger charge is 2.19. The Morgan fingerprint density at radius 3 is 1.87 bits per heavy atom. The highest BCUT2D eigenvalue weighted by atomic mass is 32.2. The second-order valence-electron chi connectivity index (χ2n) is 7.22. The van der Waals surface area contributed by atoms with Crippen LogP contribution in [0.5, 0.6) is 0 Å². The molecule has 2 N–H and O–H groups in total. The topological polar surface area (TPSA) is 86.3 Å². The highest BCUT2D eigenvalue weighted by molar-refractivity contribution is 7.99. The molecule has 0 aliphatic carbocycles. The quantitative estimate of drug-likeness (QED) is 0.547. The molecule has 2 heterocycles. The summed E-state index contributed by atoms with van der Waals surface area (Å²) in [5, 5.41) is 6.91. The smallest absolute Gasteiger partial charge is 0.233 e. The summed E-state index contributed by atoms with van der Waals surface area (Å²) < 4.78 is 0. The largest absolute Gasteiger partial charge is 0.339 e. The zero-order valence-corrected chi connectivity index (χ0v) is 18.2. The molecule has 0 bridgehead atoms. The van der Waals surface area contributed by atoms with Crippen molar-refractivity contribution in [3.05, 3.63) is 60.7 Å². The van der Waals surface area contributed by atoms with Crippen molar-refractivity contribution in [2.45, 2.75) is 5.16 Å². The van der Waals surface area contributed by atoms with E-state index in [4.69, 9.17) is 0 Å². The molecule has 1 amide bonds. The van der Waals surface area contributed by atoms with Crippen LogP contribution in [-0.4, -0.2) is 69.6 Å². The Kier molecular flexibility index (Phi) is 6.96. The standard InChI is InChI=1S/C22H25N7OS/c1-28-12-14-29(15-13-28)19(30)16-31-22-26-20(23-17-8-4-2-5-9-17)25-21(27-22)24-18-10-6-3-7-11-18/h2-11H,12-16H2,1H3,(H2,23,24,25,26,27). The van der Waals surface area contributed by atoms with Crippen molar-refractivity contribution in [3.8, 4) is 0 Å². The molecule has 0 unspecified atom stereocenters. The van der Waals surface area contributed by atoms with Crippen molar-refractivity contribution in [1.82, 2.24) is 24.8 Å². The molecule has 3 aromatic rings. The number of benzene rings is 2. The van der Waals surface area contributed by atoms with Crippen molar-refractivity contribution in [3.63, 3.8) is 0 Å². The van der Waals surface area contributed by atoms with Crippen LogP contribution in [0.15, 0.2) is 65.8 Å². The summed E-state index contributed by atoms with van der Waals surface area (Å²) in [6, 6.07) is 19.4. The van der Waals surface area contributed by atoms with Crippen LogP contribution in [0.25, 0.3) is 0 Å². The molecular weight excluding hydrogens is 410 g/mol. The third-order valence-corrected chi connectivity index (χ3v) is 5.69. The number of aromatic nitrogens is 3. The molecular formula is C22H25N7OS. The molecule has 160 valence electrons. The normalized spacial score (nSPS) is 14.3. The van der Waals surface area contributed by atoms with E-state index in [1.165, 1.54) is 11.8 Å². The molecule has 1 aliphatic heterocycles. The van der Waals surface area contributed by atoms with Gasteiger partial charge in [-0.25, -0.2) is 0 Å². The summed E-state index contributed by atoms with van der Waals surface area (Å²) in [7, 11) is 2.07.